The second-order valence-corrected chi connectivity index (χ2v) is 4.09. The van der Waals surface area contributed by atoms with E-state index in [0.29, 0.717) is 5.15 Å². The maximum Gasteiger partial charge on any atom is 0.161 e. The molecule has 0 atom stereocenters. The first-order valence-corrected chi connectivity index (χ1v) is 5.55. The van der Waals surface area contributed by atoms with Crippen molar-refractivity contribution >= 4 is 17.2 Å². The number of aryl methyl sites for hydroxylation is 1. The quantitative estimate of drug-likeness (QED) is 0.618. The van der Waals surface area contributed by atoms with Crippen molar-refractivity contribution in [1.29, 1.82) is 0 Å². The summed E-state index contributed by atoms with van der Waals surface area (Å²) in [5.41, 5.74) is 3.73. The van der Waals surface area contributed by atoms with Crippen LogP contribution in [0.15, 0.2) is 36.8 Å². The fourth-order valence-electron chi connectivity index (χ4n) is 1.86. The molecule has 84 valence electrons. The van der Waals surface area contributed by atoms with Gasteiger partial charge in [0.25, 0.3) is 0 Å². The molecule has 3 heterocycles. The normalized spacial score (nSPS) is 10.9. The molecule has 0 saturated carbocycles. The van der Waals surface area contributed by atoms with E-state index in [1.54, 1.807) is 23.0 Å². The maximum atomic E-state index is 5.86. The lowest BCUT2D eigenvalue weighted by atomic mass is 10.1. The van der Waals surface area contributed by atoms with Gasteiger partial charge in [0.1, 0.15) is 5.15 Å². The Kier molecular flexibility index (Phi) is 2.30. The summed E-state index contributed by atoms with van der Waals surface area (Å²) in [7, 11) is 0. The van der Waals surface area contributed by atoms with Gasteiger partial charge in [-0.3, -0.25) is 0 Å². The molecule has 0 aliphatic carbocycles. The van der Waals surface area contributed by atoms with Crippen molar-refractivity contribution < 1.29 is 0 Å². The van der Waals surface area contributed by atoms with Crippen LogP contribution in [0, 0.1) is 6.92 Å². The lowest BCUT2D eigenvalue weighted by Gasteiger charge is -2.06. The smallest absolute Gasteiger partial charge is 0.161 e. The molecular formula is C12H9ClN4. The topological polar surface area (TPSA) is 43.1 Å². The summed E-state index contributed by atoms with van der Waals surface area (Å²) in [6.45, 7) is 1.93. The summed E-state index contributed by atoms with van der Waals surface area (Å²) in [6, 6.07) is 5.67. The lowest BCUT2D eigenvalue weighted by Crippen LogP contribution is -1.94. The third-order valence-electron chi connectivity index (χ3n) is 2.64. The second-order valence-electron chi connectivity index (χ2n) is 3.71. The van der Waals surface area contributed by atoms with Crippen molar-refractivity contribution in [3.63, 3.8) is 0 Å². The van der Waals surface area contributed by atoms with Crippen LogP contribution in [0.4, 0.5) is 0 Å². The van der Waals surface area contributed by atoms with E-state index in [1.165, 1.54) is 0 Å². The third kappa shape index (κ3) is 1.66. The van der Waals surface area contributed by atoms with E-state index < -0.39 is 0 Å². The molecular weight excluding hydrogens is 236 g/mol. The molecule has 3 rings (SSSR count). The van der Waals surface area contributed by atoms with Gasteiger partial charge in [-0.05, 0) is 25.1 Å². The Bertz CT molecular complexity index is 690. The molecule has 0 aromatic carbocycles. The minimum absolute atomic E-state index is 0.500. The van der Waals surface area contributed by atoms with Gasteiger partial charge in [-0.15, -0.1) is 0 Å². The molecule has 3 aromatic rings. The lowest BCUT2D eigenvalue weighted by molar-refractivity contribution is 0.937. The summed E-state index contributed by atoms with van der Waals surface area (Å²) < 4.78 is 1.74. The molecule has 0 N–H and O–H groups in total. The molecule has 0 aliphatic heterocycles. The first kappa shape index (κ1) is 10.2. The van der Waals surface area contributed by atoms with Crippen LogP contribution >= 0.6 is 11.6 Å². The molecule has 0 spiro atoms. The molecule has 0 aliphatic rings. The van der Waals surface area contributed by atoms with Crippen molar-refractivity contribution in [2.24, 2.45) is 0 Å². The van der Waals surface area contributed by atoms with Crippen LogP contribution in [0.25, 0.3) is 16.8 Å². The fourth-order valence-corrected chi connectivity index (χ4v) is 2.05. The predicted octanol–water partition coefficient (Wildman–Crippen LogP) is 2.75. The Labute approximate surface area is 103 Å². The number of hydrogen-bond donors (Lipinski definition) is 0. The molecule has 0 unspecified atom stereocenters. The molecule has 3 aromatic heterocycles. The standard InChI is InChI=1S/C12H9ClN4/c1-8-9(2-3-11(13)16-8)10-4-5-15-17-7-6-14-12(10)17/h2-7H,1H3. The molecule has 0 fully saturated rings. The predicted molar refractivity (Wildman–Crippen MR) is 66.0 cm³/mol. The van der Waals surface area contributed by atoms with E-state index in [9.17, 15) is 0 Å². The van der Waals surface area contributed by atoms with Gasteiger partial charge < -0.3 is 0 Å². The van der Waals surface area contributed by atoms with Gasteiger partial charge in [0.05, 0.1) is 0 Å². The highest BCUT2D eigenvalue weighted by Crippen LogP contribution is 2.26. The van der Waals surface area contributed by atoms with Gasteiger partial charge >= 0.3 is 0 Å². The summed E-state index contributed by atoms with van der Waals surface area (Å²) in [6.07, 6.45) is 5.29. The van der Waals surface area contributed by atoms with E-state index in [4.69, 9.17) is 11.6 Å². The molecule has 0 radical (unpaired) electrons. The number of hydrogen-bond acceptors (Lipinski definition) is 3. The second kappa shape index (κ2) is 3.82. The molecule has 5 heteroatoms. The van der Waals surface area contributed by atoms with E-state index in [0.717, 1.165) is 22.5 Å². The molecule has 0 amide bonds. The fraction of sp³-hybridized carbons (Fsp3) is 0.0833. The molecule has 17 heavy (non-hydrogen) atoms. The van der Waals surface area contributed by atoms with Gasteiger partial charge in [-0.2, -0.15) is 5.10 Å². The van der Waals surface area contributed by atoms with Crippen molar-refractivity contribution in [2.75, 3.05) is 0 Å². The SMILES string of the molecule is Cc1nc(Cl)ccc1-c1ccnn2ccnc12. The van der Waals surface area contributed by atoms with Gasteiger partial charge in [0.15, 0.2) is 5.65 Å². The van der Waals surface area contributed by atoms with Crippen LogP contribution in [-0.4, -0.2) is 19.6 Å². The van der Waals surface area contributed by atoms with Crippen LogP contribution in [0.1, 0.15) is 5.69 Å². The Morgan fingerprint density at radius 2 is 2.00 bits per heavy atom. The average Bonchev–Trinajstić information content (AvgIpc) is 2.77. The Balaban J connectivity index is 2.30. The number of fused-ring (bicyclic) bond motifs is 1. The van der Waals surface area contributed by atoms with Crippen LogP contribution < -0.4 is 0 Å². The molecule has 0 bridgehead atoms. The summed E-state index contributed by atoms with van der Waals surface area (Å²) in [4.78, 5) is 8.55. The highest BCUT2D eigenvalue weighted by Gasteiger charge is 2.09. The summed E-state index contributed by atoms with van der Waals surface area (Å²) in [5, 5.41) is 4.68. The number of nitrogens with zero attached hydrogens (tertiary/aromatic N) is 4. The van der Waals surface area contributed by atoms with Gasteiger partial charge in [0, 0.05) is 35.4 Å². The third-order valence-corrected chi connectivity index (χ3v) is 2.85. The number of aromatic nitrogens is 4. The Hall–Kier alpha value is -1.94. The van der Waals surface area contributed by atoms with Crippen molar-refractivity contribution in [3.05, 3.63) is 47.6 Å². The first-order valence-electron chi connectivity index (χ1n) is 5.17. The highest BCUT2D eigenvalue weighted by atomic mass is 35.5. The van der Waals surface area contributed by atoms with E-state index in [-0.39, 0.29) is 0 Å². The molecule has 0 saturated heterocycles. The Morgan fingerprint density at radius 1 is 1.12 bits per heavy atom. The monoisotopic (exact) mass is 244 g/mol. The van der Waals surface area contributed by atoms with Crippen LogP contribution in [-0.2, 0) is 0 Å². The van der Waals surface area contributed by atoms with Gasteiger partial charge in [-0.25, -0.2) is 14.5 Å². The van der Waals surface area contributed by atoms with E-state index >= 15 is 0 Å². The van der Waals surface area contributed by atoms with Crippen LogP contribution in [0.2, 0.25) is 5.15 Å². The number of pyridine rings is 1. The van der Waals surface area contributed by atoms with Crippen molar-refractivity contribution in [2.45, 2.75) is 6.92 Å². The van der Waals surface area contributed by atoms with Gasteiger partial charge in [0.2, 0.25) is 0 Å². The number of halogens is 1. The highest BCUT2D eigenvalue weighted by molar-refractivity contribution is 6.29. The molecule has 4 nitrogen and oxygen atoms in total. The number of imidazole rings is 1. The van der Waals surface area contributed by atoms with Gasteiger partial charge in [-0.1, -0.05) is 11.6 Å². The summed E-state index contributed by atoms with van der Waals surface area (Å²) in [5.74, 6) is 0. The zero-order valence-corrected chi connectivity index (χ0v) is 9.89. The minimum atomic E-state index is 0.500. The van der Waals surface area contributed by atoms with E-state index in [2.05, 4.69) is 15.1 Å². The number of rotatable bonds is 1. The van der Waals surface area contributed by atoms with Crippen molar-refractivity contribution in [1.82, 2.24) is 19.6 Å². The zero-order valence-electron chi connectivity index (χ0n) is 9.13. The zero-order chi connectivity index (χ0) is 11.8. The maximum absolute atomic E-state index is 5.86. The Morgan fingerprint density at radius 3 is 2.82 bits per heavy atom. The van der Waals surface area contributed by atoms with Crippen molar-refractivity contribution in [3.8, 4) is 11.1 Å². The first-order chi connectivity index (χ1) is 8.25. The average molecular weight is 245 g/mol. The largest absolute Gasteiger partial charge is 0.241 e. The van der Waals surface area contributed by atoms with Crippen LogP contribution in [0.3, 0.4) is 0 Å². The summed E-state index contributed by atoms with van der Waals surface area (Å²) >= 11 is 5.86. The minimum Gasteiger partial charge on any atom is -0.241 e. The van der Waals surface area contributed by atoms with E-state index in [1.807, 2.05) is 25.3 Å². The van der Waals surface area contributed by atoms with Crippen LogP contribution in [0.5, 0.6) is 0 Å².